The largest absolute Gasteiger partial charge is 0.508 e. The molecule has 5 aliphatic heterocycles. The molecule has 0 saturated heterocycles. The van der Waals surface area contributed by atoms with Crippen LogP contribution in [0, 0.1) is 5.92 Å². The number of aliphatic carboxylic acids is 1. The zero-order chi connectivity index (χ0) is 57.3. The zero-order valence-corrected chi connectivity index (χ0v) is 42.7. The maximum atomic E-state index is 15.3. The number of carboxylic acids is 1. The minimum Gasteiger partial charge on any atom is -0.508 e. The Morgan fingerprint density at radius 1 is 0.671 bits per heavy atom. The number of carboxylic acid groups (broad SMARTS) is 1. The summed E-state index contributed by atoms with van der Waals surface area (Å²) in [6.07, 6.45) is -4.64. The molecule has 0 saturated carbocycles. The summed E-state index contributed by atoms with van der Waals surface area (Å²) >= 11 is 6.75. The Kier molecular flexibility index (Phi) is 16.2. The summed E-state index contributed by atoms with van der Waals surface area (Å²) < 4.78 is 12.2. The second kappa shape index (κ2) is 22.8. The number of rotatable bonds is 8. The Morgan fingerprint density at radius 2 is 1.30 bits per heavy atom. The van der Waals surface area contributed by atoms with Gasteiger partial charge in [-0.1, -0.05) is 49.7 Å². The number of aliphatic hydroxyl groups excluding tert-OH is 2. The molecule has 25 nitrogen and oxygen atoms in total. The van der Waals surface area contributed by atoms with Crippen molar-refractivity contribution in [3.05, 3.63) is 118 Å². The number of benzene rings is 5. The minimum absolute atomic E-state index is 0.0283. The van der Waals surface area contributed by atoms with Gasteiger partial charge in [-0.15, -0.1) is 0 Å². The lowest BCUT2D eigenvalue weighted by molar-refractivity contribution is -0.143. The summed E-state index contributed by atoms with van der Waals surface area (Å²) in [6, 6.07) is 2.53. The number of hydrogen-bond acceptors (Lipinski definition) is 17. The van der Waals surface area contributed by atoms with E-state index in [0.29, 0.717) is 0 Å². The first-order chi connectivity index (χ1) is 37.4. The van der Waals surface area contributed by atoms with Gasteiger partial charge in [-0.25, -0.2) is 4.79 Å². The molecule has 10 rings (SSSR count). The summed E-state index contributed by atoms with van der Waals surface area (Å²) in [4.78, 5) is 113. The summed E-state index contributed by atoms with van der Waals surface area (Å²) in [7, 11) is 1.50. The molecule has 26 heteroatoms. The number of carbonyl (C=O) groups excluding carboxylic acids is 7. The zero-order valence-electron chi connectivity index (χ0n) is 41.9. The Balaban J connectivity index is 1.35. The topological polar surface area (TPSA) is 407 Å². The molecule has 5 aromatic rings. The summed E-state index contributed by atoms with van der Waals surface area (Å²) in [5.41, 5.74) is 3.55. The van der Waals surface area contributed by atoms with Crippen LogP contribution in [0.15, 0.2) is 84.9 Å². The fraction of sp³-hybridized carbons (Fsp3) is 0.283. The molecule has 7 amide bonds. The number of carbonyl (C=O) groups is 8. The standard InChI is InChI=1S/C53H53ClN8O17/c1-20(2)12-30(56-3)47(70)61-43-45(68)23-7-11-34(29(54)14-23)79-36-16-24-15-35(46(36)69)78-26-8-4-21(5-9-26)44(67)42-52(75)60-41(53(76)77)28-17-25(63)18-33(65)38(28)27-13-22(6-10-32(27)64)39(49(72)62-42)59-50(73)40(24)58-48(71)31(19-37(55)66)57-51(43)74/h4-11,13-18,20,30-31,39-45,56,63-65,67-69H,12,19H2,1-3H3,(H2,55,66)(H,57,74)(H,58,71)(H,59,73)(H,60,75)(H,61,70)(H,62,72)(H,76,77)/t30-,31+,39-,40-,41+,42+,43-,44-,45-/m1/s1. The van der Waals surface area contributed by atoms with Gasteiger partial charge in [-0.05, 0) is 96.2 Å². The first-order valence-corrected chi connectivity index (χ1v) is 24.7. The van der Waals surface area contributed by atoms with Crippen LogP contribution in [0.3, 0.4) is 0 Å². The molecule has 5 aromatic carbocycles. The summed E-state index contributed by atoms with van der Waals surface area (Å²) in [5, 5.41) is 96.4. The van der Waals surface area contributed by atoms with Crippen molar-refractivity contribution in [2.45, 2.75) is 81.2 Å². The number of halogens is 1. The van der Waals surface area contributed by atoms with Crippen LogP contribution < -0.4 is 52.4 Å². The molecule has 0 radical (unpaired) electrons. The number of primary amides is 1. The maximum Gasteiger partial charge on any atom is 0.330 e. The number of ether oxygens (including phenoxy) is 2. The summed E-state index contributed by atoms with van der Waals surface area (Å²) in [6.45, 7) is 3.69. The Labute approximate surface area is 453 Å². The molecule has 5 heterocycles. The van der Waals surface area contributed by atoms with Gasteiger partial charge < -0.3 is 88.2 Å². The van der Waals surface area contributed by atoms with Crippen LogP contribution in [0.5, 0.6) is 46.0 Å². The first-order valence-electron chi connectivity index (χ1n) is 24.3. The molecule has 0 unspecified atom stereocenters. The highest BCUT2D eigenvalue weighted by atomic mass is 35.5. The van der Waals surface area contributed by atoms with Gasteiger partial charge in [0.1, 0.15) is 71.2 Å². The van der Waals surface area contributed by atoms with E-state index in [0.717, 1.165) is 42.5 Å². The maximum absolute atomic E-state index is 15.3. The lowest BCUT2D eigenvalue weighted by atomic mass is 9.89. The van der Waals surface area contributed by atoms with Crippen molar-refractivity contribution < 1.29 is 83.6 Å². The predicted octanol–water partition coefficient (Wildman–Crippen LogP) is 1.74. The van der Waals surface area contributed by atoms with E-state index >= 15 is 4.79 Å². The molecule has 0 fully saturated rings. The number of phenols is 4. The van der Waals surface area contributed by atoms with Crippen molar-refractivity contribution in [2.24, 2.45) is 11.7 Å². The van der Waals surface area contributed by atoms with Crippen molar-refractivity contribution in [1.82, 2.24) is 37.2 Å². The van der Waals surface area contributed by atoms with Crippen molar-refractivity contribution >= 4 is 58.9 Å². The second-order valence-electron chi connectivity index (χ2n) is 19.3. The van der Waals surface area contributed by atoms with Crippen molar-refractivity contribution in [2.75, 3.05) is 7.05 Å². The molecular weight excluding hydrogens is 1060 g/mol. The number of fused-ring (bicyclic) bond motifs is 15. The lowest BCUT2D eigenvalue weighted by Gasteiger charge is -2.31. The van der Waals surface area contributed by atoms with E-state index in [9.17, 15) is 69.3 Å². The molecule has 79 heavy (non-hydrogen) atoms. The van der Waals surface area contributed by atoms with E-state index in [2.05, 4.69) is 37.2 Å². The molecule has 16 N–H and O–H groups in total. The van der Waals surface area contributed by atoms with E-state index in [1.165, 1.54) is 49.5 Å². The number of aromatic hydroxyl groups is 4. The SMILES string of the molecule is CN[C@H](CC(C)C)C(=O)N[C@H]1C(=O)N[C@@H](CC(N)=O)C(=O)N[C@H]2C(=O)N[C@H]3C(=O)N[C@H](C(=O)N[C@H](C(=O)O)c4cc(O)cc(O)c4-c4cc3ccc4O)[C@H](O)c3ccc(cc3)Oc3cc2cc(c3O)Oc2ccc(cc2Cl)[C@H]1O. The van der Waals surface area contributed by atoms with Crippen LogP contribution >= 0.6 is 11.6 Å². The average molecular weight is 1110 g/mol. The van der Waals surface area contributed by atoms with Crippen LogP contribution in [-0.4, -0.2) is 114 Å². The highest BCUT2D eigenvalue weighted by Gasteiger charge is 2.41. The third kappa shape index (κ3) is 11.9. The van der Waals surface area contributed by atoms with E-state index in [1.54, 1.807) is 0 Å². The second-order valence-corrected chi connectivity index (χ2v) is 19.7. The van der Waals surface area contributed by atoms with Gasteiger partial charge in [0.2, 0.25) is 47.1 Å². The summed E-state index contributed by atoms with van der Waals surface area (Å²) in [5.74, 6) is -14.3. The molecule has 0 aromatic heterocycles. The first kappa shape index (κ1) is 56.0. The number of amides is 7. The third-order valence-electron chi connectivity index (χ3n) is 13.3. The average Bonchev–Trinajstić information content (AvgIpc) is 3.53. The number of aliphatic hydroxyl groups is 2. The smallest absolute Gasteiger partial charge is 0.330 e. The molecule has 11 bridgehead atoms. The van der Waals surface area contributed by atoms with Crippen molar-refractivity contribution in [3.63, 3.8) is 0 Å². The van der Waals surface area contributed by atoms with E-state index in [-0.39, 0.29) is 51.1 Å². The van der Waals surface area contributed by atoms with Crippen molar-refractivity contribution in [3.8, 4) is 57.1 Å². The van der Waals surface area contributed by atoms with Gasteiger partial charge >= 0.3 is 5.97 Å². The van der Waals surface area contributed by atoms with Crippen LogP contribution in [0.2, 0.25) is 5.02 Å². The number of nitrogens with two attached hydrogens (primary N) is 1. The minimum atomic E-state index is -2.14. The number of likely N-dealkylation sites (N-methyl/N-ethyl adjacent to an activating group) is 1. The highest BCUT2D eigenvalue weighted by molar-refractivity contribution is 6.32. The predicted molar refractivity (Wildman–Crippen MR) is 275 cm³/mol. The Morgan fingerprint density at radius 3 is 1.95 bits per heavy atom. The highest BCUT2D eigenvalue weighted by Crippen LogP contribution is 2.47. The fourth-order valence-corrected chi connectivity index (χ4v) is 9.53. The van der Waals surface area contributed by atoms with Gasteiger partial charge in [0.05, 0.1) is 17.5 Å². The van der Waals surface area contributed by atoms with E-state index in [4.69, 9.17) is 26.8 Å². The van der Waals surface area contributed by atoms with Gasteiger partial charge in [0, 0.05) is 22.8 Å². The van der Waals surface area contributed by atoms with E-state index in [1.807, 2.05) is 13.8 Å². The van der Waals surface area contributed by atoms with Crippen LogP contribution in [0.25, 0.3) is 11.1 Å². The van der Waals surface area contributed by atoms with Crippen LogP contribution in [0.1, 0.15) is 84.8 Å². The van der Waals surface area contributed by atoms with E-state index < -0.39 is 159 Å². The number of hydrogen-bond donors (Lipinski definition) is 15. The molecule has 414 valence electrons. The molecule has 0 aliphatic carbocycles. The number of phenolic OH excluding ortho intramolecular Hbond substituents is 4. The third-order valence-corrected chi connectivity index (χ3v) is 13.6. The Bertz CT molecular complexity index is 3300. The van der Waals surface area contributed by atoms with Gasteiger partial charge in [-0.2, -0.15) is 0 Å². The number of nitrogens with one attached hydrogen (secondary N) is 7. The molecular formula is C53H53ClN8O17. The monoisotopic (exact) mass is 1110 g/mol. The van der Waals surface area contributed by atoms with Gasteiger partial charge in [-0.3, -0.25) is 33.6 Å². The van der Waals surface area contributed by atoms with Gasteiger partial charge in [0.25, 0.3) is 0 Å². The molecule has 0 spiro atoms. The lowest BCUT2D eigenvalue weighted by Crippen LogP contribution is -2.59. The quantitative estimate of drug-likeness (QED) is 0.105. The normalized spacial score (nSPS) is 22.5. The van der Waals surface area contributed by atoms with Crippen LogP contribution in [0.4, 0.5) is 0 Å². The Hall–Kier alpha value is -9.17. The fourth-order valence-electron chi connectivity index (χ4n) is 9.30. The van der Waals surface area contributed by atoms with Crippen LogP contribution in [-0.2, 0) is 38.4 Å². The van der Waals surface area contributed by atoms with Crippen molar-refractivity contribution in [1.29, 1.82) is 0 Å². The molecule has 5 aliphatic rings. The molecule has 9 atom stereocenters. The van der Waals surface area contributed by atoms with Gasteiger partial charge in [0.15, 0.2) is 17.5 Å².